The molecule has 1 aromatic carbocycles. The molecule has 2 fully saturated rings. The van der Waals surface area contributed by atoms with E-state index in [1.54, 1.807) is 0 Å². The molecule has 4 rings (SSSR count). The third-order valence-corrected chi connectivity index (χ3v) is 5.25. The lowest BCUT2D eigenvalue weighted by atomic mass is 9.76. The van der Waals surface area contributed by atoms with E-state index in [1.807, 2.05) is 18.2 Å². The van der Waals surface area contributed by atoms with E-state index in [-0.39, 0.29) is 0 Å². The topological polar surface area (TPSA) is 38.8 Å². The molecule has 4 nitrogen and oxygen atoms in total. The van der Waals surface area contributed by atoms with E-state index in [2.05, 4.69) is 4.90 Å². The summed E-state index contributed by atoms with van der Waals surface area (Å²) in [7, 11) is 0. The van der Waals surface area contributed by atoms with Crippen LogP contribution in [0.3, 0.4) is 0 Å². The summed E-state index contributed by atoms with van der Waals surface area (Å²) >= 11 is 0. The normalized spacial score (nSPS) is 26.1. The standard InChI is InChI=1S/C18H23NO3/c20-18(19-12-14-3-1-2-4-15(14)19)8-6-13-5-7-16-17(11-13)22-10-9-21-16/h5,7,11,14-15H,1-4,6,8-10,12H2/t14-,15-/m0/s1. The van der Waals surface area contributed by atoms with Crippen LogP contribution < -0.4 is 9.47 Å². The Hall–Kier alpha value is -1.71. The zero-order valence-corrected chi connectivity index (χ0v) is 12.9. The van der Waals surface area contributed by atoms with Gasteiger partial charge in [-0.2, -0.15) is 0 Å². The van der Waals surface area contributed by atoms with Crippen LogP contribution in [-0.4, -0.2) is 36.6 Å². The van der Waals surface area contributed by atoms with Crippen molar-refractivity contribution in [1.82, 2.24) is 4.90 Å². The Labute approximate surface area is 131 Å². The highest BCUT2D eigenvalue weighted by atomic mass is 16.6. The van der Waals surface area contributed by atoms with Crippen molar-refractivity contribution in [3.63, 3.8) is 0 Å². The van der Waals surface area contributed by atoms with E-state index < -0.39 is 0 Å². The van der Waals surface area contributed by atoms with Crippen molar-refractivity contribution >= 4 is 5.91 Å². The Kier molecular flexibility index (Phi) is 3.68. The SMILES string of the molecule is O=C(CCc1ccc2c(c1)OCCO2)N1C[C@@H]2CCCC[C@@H]21. The largest absolute Gasteiger partial charge is 0.486 e. The molecule has 1 aliphatic carbocycles. The lowest BCUT2D eigenvalue weighted by molar-refractivity contribution is -0.146. The first-order chi connectivity index (χ1) is 10.8. The molecule has 22 heavy (non-hydrogen) atoms. The Morgan fingerprint density at radius 1 is 1.14 bits per heavy atom. The highest BCUT2D eigenvalue weighted by Crippen LogP contribution is 2.37. The monoisotopic (exact) mass is 301 g/mol. The number of aryl methyl sites for hydroxylation is 1. The number of carbonyl (C=O) groups excluding carboxylic acids is 1. The minimum Gasteiger partial charge on any atom is -0.486 e. The van der Waals surface area contributed by atoms with Gasteiger partial charge in [-0.05, 0) is 42.9 Å². The van der Waals surface area contributed by atoms with E-state index in [0.717, 1.165) is 35.9 Å². The molecule has 0 bridgehead atoms. The van der Waals surface area contributed by atoms with Crippen LogP contribution >= 0.6 is 0 Å². The second-order valence-electron chi connectivity index (χ2n) is 6.64. The minimum atomic E-state index is 0.318. The number of hydrogen-bond donors (Lipinski definition) is 0. The van der Waals surface area contributed by atoms with Crippen molar-refractivity contribution in [2.24, 2.45) is 5.92 Å². The summed E-state index contributed by atoms with van der Waals surface area (Å²) in [4.78, 5) is 14.5. The van der Waals surface area contributed by atoms with Crippen molar-refractivity contribution in [3.05, 3.63) is 23.8 Å². The van der Waals surface area contributed by atoms with Gasteiger partial charge in [-0.15, -0.1) is 0 Å². The molecule has 1 amide bonds. The van der Waals surface area contributed by atoms with Gasteiger partial charge in [0.1, 0.15) is 13.2 Å². The number of benzene rings is 1. The fourth-order valence-electron chi connectivity index (χ4n) is 3.99. The quantitative estimate of drug-likeness (QED) is 0.862. The molecule has 0 spiro atoms. The molecule has 0 unspecified atom stereocenters. The third kappa shape index (κ3) is 2.55. The van der Waals surface area contributed by atoms with Gasteiger partial charge < -0.3 is 14.4 Å². The smallest absolute Gasteiger partial charge is 0.223 e. The molecule has 118 valence electrons. The van der Waals surface area contributed by atoms with Crippen LogP contribution in [-0.2, 0) is 11.2 Å². The lowest BCUT2D eigenvalue weighted by Crippen LogP contribution is -2.59. The number of likely N-dealkylation sites (tertiary alicyclic amines) is 1. The number of nitrogens with zero attached hydrogens (tertiary/aromatic N) is 1. The second-order valence-corrected chi connectivity index (χ2v) is 6.64. The summed E-state index contributed by atoms with van der Waals surface area (Å²) < 4.78 is 11.1. The van der Waals surface area contributed by atoms with Crippen molar-refractivity contribution in [1.29, 1.82) is 0 Å². The van der Waals surface area contributed by atoms with Crippen molar-refractivity contribution < 1.29 is 14.3 Å². The van der Waals surface area contributed by atoms with E-state index in [1.165, 1.54) is 25.7 Å². The summed E-state index contributed by atoms with van der Waals surface area (Å²) in [6, 6.07) is 6.55. The molecule has 2 heterocycles. The molecule has 2 atom stereocenters. The number of amides is 1. The van der Waals surface area contributed by atoms with Crippen molar-refractivity contribution in [3.8, 4) is 11.5 Å². The van der Waals surface area contributed by atoms with E-state index in [9.17, 15) is 4.79 Å². The molecule has 0 aromatic heterocycles. The van der Waals surface area contributed by atoms with Crippen LogP contribution in [0.25, 0.3) is 0 Å². The van der Waals surface area contributed by atoms with Crippen molar-refractivity contribution in [2.75, 3.05) is 19.8 Å². The molecule has 1 saturated carbocycles. The molecule has 2 aliphatic heterocycles. The van der Waals surface area contributed by atoms with Gasteiger partial charge in [0.25, 0.3) is 0 Å². The number of fused-ring (bicyclic) bond motifs is 2. The Balaban J connectivity index is 1.33. The average molecular weight is 301 g/mol. The Bertz CT molecular complexity index is 571. The first-order valence-electron chi connectivity index (χ1n) is 8.49. The molecular weight excluding hydrogens is 278 g/mol. The highest BCUT2D eigenvalue weighted by molar-refractivity contribution is 5.77. The maximum Gasteiger partial charge on any atom is 0.223 e. The number of hydrogen-bond acceptors (Lipinski definition) is 3. The predicted octanol–water partition coefficient (Wildman–Crippen LogP) is 2.79. The molecule has 3 aliphatic rings. The molecule has 1 saturated heterocycles. The Morgan fingerprint density at radius 3 is 2.82 bits per heavy atom. The molecule has 1 aromatic rings. The predicted molar refractivity (Wildman–Crippen MR) is 83.2 cm³/mol. The molecule has 4 heteroatoms. The van der Waals surface area contributed by atoms with Gasteiger partial charge >= 0.3 is 0 Å². The van der Waals surface area contributed by atoms with E-state index in [4.69, 9.17) is 9.47 Å². The van der Waals surface area contributed by atoms with Gasteiger partial charge in [0.2, 0.25) is 5.91 Å². The van der Waals surface area contributed by atoms with Gasteiger partial charge in [0.05, 0.1) is 0 Å². The van der Waals surface area contributed by atoms with Crippen LogP contribution in [0, 0.1) is 5.92 Å². The summed E-state index contributed by atoms with van der Waals surface area (Å²) in [5.74, 6) is 2.73. The first kappa shape index (κ1) is 13.9. The van der Waals surface area contributed by atoms with Gasteiger partial charge in [0.15, 0.2) is 11.5 Å². The highest BCUT2D eigenvalue weighted by Gasteiger charge is 2.42. The summed E-state index contributed by atoms with van der Waals surface area (Å²) in [5.41, 5.74) is 1.15. The average Bonchev–Trinajstić information content (AvgIpc) is 2.54. The van der Waals surface area contributed by atoms with Crippen LogP contribution in [0.2, 0.25) is 0 Å². The van der Waals surface area contributed by atoms with Gasteiger partial charge in [-0.25, -0.2) is 0 Å². The van der Waals surface area contributed by atoms with Crippen LogP contribution in [0.1, 0.15) is 37.7 Å². The fourth-order valence-corrected chi connectivity index (χ4v) is 3.99. The molecule has 0 radical (unpaired) electrons. The number of carbonyl (C=O) groups is 1. The summed E-state index contributed by atoms with van der Waals surface area (Å²) in [6.07, 6.45) is 6.54. The molecular formula is C18H23NO3. The van der Waals surface area contributed by atoms with E-state index in [0.29, 0.717) is 31.6 Å². The lowest BCUT2D eigenvalue weighted by Gasteiger charge is -2.51. The zero-order valence-electron chi connectivity index (χ0n) is 12.9. The van der Waals surface area contributed by atoms with Gasteiger partial charge in [0, 0.05) is 19.0 Å². The Morgan fingerprint density at radius 2 is 1.95 bits per heavy atom. The maximum absolute atomic E-state index is 12.4. The van der Waals surface area contributed by atoms with Gasteiger partial charge in [-0.3, -0.25) is 4.79 Å². The fraction of sp³-hybridized carbons (Fsp3) is 0.611. The minimum absolute atomic E-state index is 0.318. The zero-order chi connectivity index (χ0) is 14.9. The summed E-state index contributed by atoms with van der Waals surface area (Å²) in [5, 5.41) is 0. The van der Waals surface area contributed by atoms with Crippen LogP contribution in [0.15, 0.2) is 18.2 Å². The molecule has 0 N–H and O–H groups in total. The number of ether oxygens (including phenoxy) is 2. The van der Waals surface area contributed by atoms with Crippen molar-refractivity contribution in [2.45, 2.75) is 44.6 Å². The third-order valence-electron chi connectivity index (χ3n) is 5.25. The maximum atomic E-state index is 12.4. The van der Waals surface area contributed by atoms with Crippen LogP contribution in [0.4, 0.5) is 0 Å². The second kappa shape index (κ2) is 5.82. The number of rotatable bonds is 3. The van der Waals surface area contributed by atoms with E-state index >= 15 is 0 Å². The van der Waals surface area contributed by atoms with Crippen LogP contribution in [0.5, 0.6) is 11.5 Å². The summed E-state index contributed by atoms with van der Waals surface area (Å²) in [6.45, 7) is 2.21. The van der Waals surface area contributed by atoms with Gasteiger partial charge in [-0.1, -0.05) is 18.9 Å². The first-order valence-corrected chi connectivity index (χ1v) is 8.49.